The molecular weight excluding hydrogens is 410 g/mol. The van der Waals surface area contributed by atoms with Crippen LogP contribution in [0.3, 0.4) is 0 Å². The maximum absolute atomic E-state index is 12.3. The van der Waals surface area contributed by atoms with E-state index in [9.17, 15) is 22.8 Å². The van der Waals surface area contributed by atoms with Crippen LogP contribution in [0.5, 0.6) is 0 Å². The third-order valence-electron chi connectivity index (χ3n) is 4.02. The van der Waals surface area contributed by atoms with Crippen LogP contribution in [0.4, 0.5) is 5.69 Å². The van der Waals surface area contributed by atoms with E-state index in [0.29, 0.717) is 0 Å². The standard InChI is InChI=1S/C21H23NO7S/c1-3-28-21(25)17-6-4-5-7-18(17)22-19(23)14-29-20(24)12-13-30(26,27)16-10-8-15(2)9-11-16/h4-11H,3,12-14H2,1-2H3,(H,22,23). The summed E-state index contributed by atoms with van der Waals surface area (Å²) in [6, 6.07) is 12.6. The summed E-state index contributed by atoms with van der Waals surface area (Å²) in [7, 11) is -3.63. The highest BCUT2D eigenvalue weighted by Crippen LogP contribution is 2.16. The van der Waals surface area contributed by atoms with Gasteiger partial charge in [0.25, 0.3) is 5.91 Å². The van der Waals surface area contributed by atoms with E-state index in [4.69, 9.17) is 9.47 Å². The number of carbonyl (C=O) groups is 3. The zero-order valence-electron chi connectivity index (χ0n) is 16.7. The normalized spacial score (nSPS) is 10.9. The number of esters is 2. The van der Waals surface area contributed by atoms with E-state index in [0.717, 1.165) is 5.56 Å². The van der Waals surface area contributed by atoms with Crippen LogP contribution in [-0.4, -0.2) is 45.2 Å². The minimum Gasteiger partial charge on any atom is -0.462 e. The quantitative estimate of drug-likeness (QED) is 0.604. The van der Waals surface area contributed by atoms with Crippen molar-refractivity contribution < 1.29 is 32.3 Å². The highest BCUT2D eigenvalue weighted by Gasteiger charge is 2.18. The van der Waals surface area contributed by atoms with E-state index in [1.807, 2.05) is 6.92 Å². The minimum absolute atomic E-state index is 0.120. The molecular formula is C21H23NO7S. The largest absolute Gasteiger partial charge is 0.462 e. The number of sulfone groups is 1. The molecule has 160 valence electrons. The topological polar surface area (TPSA) is 116 Å². The average molecular weight is 433 g/mol. The van der Waals surface area contributed by atoms with Gasteiger partial charge >= 0.3 is 11.9 Å². The van der Waals surface area contributed by atoms with Gasteiger partial charge in [0.1, 0.15) is 0 Å². The Morgan fingerprint density at radius 3 is 2.30 bits per heavy atom. The van der Waals surface area contributed by atoms with Crippen LogP contribution in [0, 0.1) is 6.92 Å². The molecule has 0 fully saturated rings. The number of amides is 1. The first-order chi connectivity index (χ1) is 14.2. The Bertz CT molecular complexity index is 1010. The molecule has 0 atom stereocenters. The van der Waals surface area contributed by atoms with Gasteiger partial charge in [-0.3, -0.25) is 9.59 Å². The number of para-hydroxylation sites is 1. The summed E-state index contributed by atoms with van der Waals surface area (Å²) in [6.45, 7) is 3.08. The molecule has 2 aromatic carbocycles. The Hall–Kier alpha value is -3.20. The molecule has 0 saturated carbocycles. The van der Waals surface area contributed by atoms with Crippen molar-refractivity contribution in [2.45, 2.75) is 25.2 Å². The first-order valence-electron chi connectivity index (χ1n) is 9.24. The molecule has 0 aliphatic heterocycles. The van der Waals surface area contributed by atoms with Crippen molar-refractivity contribution in [2.75, 3.05) is 24.3 Å². The number of benzene rings is 2. The second-order valence-corrected chi connectivity index (χ2v) is 8.47. The first-order valence-corrected chi connectivity index (χ1v) is 10.9. The summed E-state index contributed by atoms with van der Waals surface area (Å²) in [5.74, 6) is -2.50. The van der Waals surface area contributed by atoms with Crippen LogP contribution in [0.15, 0.2) is 53.4 Å². The number of hydrogen-bond donors (Lipinski definition) is 1. The summed E-state index contributed by atoms with van der Waals surface area (Å²) >= 11 is 0. The van der Waals surface area contributed by atoms with Gasteiger partial charge in [-0.05, 0) is 38.1 Å². The maximum atomic E-state index is 12.3. The molecule has 0 radical (unpaired) electrons. The van der Waals surface area contributed by atoms with E-state index in [1.54, 1.807) is 31.2 Å². The van der Waals surface area contributed by atoms with Crippen molar-refractivity contribution in [2.24, 2.45) is 0 Å². The van der Waals surface area contributed by atoms with Gasteiger partial charge in [-0.2, -0.15) is 0 Å². The van der Waals surface area contributed by atoms with E-state index < -0.39 is 40.0 Å². The summed E-state index contributed by atoms with van der Waals surface area (Å²) in [5.41, 5.74) is 1.31. The Morgan fingerprint density at radius 1 is 0.967 bits per heavy atom. The molecule has 0 aliphatic carbocycles. The summed E-state index contributed by atoms with van der Waals surface area (Å²) < 4.78 is 34.3. The number of carbonyl (C=O) groups excluding carboxylic acids is 3. The lowest BCUT2D eigenvalue weighted by atomic mass is 10.2. The molecule has 0 aliphatic rings. The van der Waals surface area contributed by atoms with Gasteiger partial charge in [-0.15, -0.1) is 0 Å². The van der Waals surface area contributed by atoms with E-state index in [-0.39, 0.29) is 29.2 Å². The zero-order chi connectivity index (χ0) is 22.1. The zero-order valence-corrected chi connectivity index (χ0v) is 17.5. The summed E-state index contributed by atoms with van der Waals surface area (Å²) in [5, 5.41) is 2.47. The predicted molar refractivity (Wildman–Crippen MR) is 110 cm³/mol. The van der Waals surface area contributed by atoms with Crippen LogP contribution in [-0.2, 0) is 28.9 Å². The van der Waals surface area contributed by atoms with Crippen molar-refractivity contribution in [1.29, 1.82) is 0 Å². The maximum Gasteiger partial charge on any atom is 0.340 e. The molecule has 0 spiro atoms. The second-order valence-electron chi connectivity index (χ2n) is 6.36. The van der Waals surface area contributed by atoms with Gasteiger partial charge in [0.15, 0.2) is 16.4 Å². The Balaban J connectivity index is 1.86. The van der Waals surface area contributed by atoms with Gasteiger partial charge in [-0.25, -0.2) is 13.2 Å². The Morgan fingerprint density at radius 2 is 1.63 bits per heavy atom. The number of anilines is 1. The molecule has 2 rings (SSSR count). The molecule has 0 unspecified atom stereocenters. The van der Waals surface area contributed by atoms with Crippen LogP contribution >= 0.6 is 0 Å². The van der Waals surface area contributed by atoms with Crippen LogP contribution in [0.2, 0.25) is 0 Å². The smallest absolute Gasteiger partial charge is 0.340 e. The third-order valence-corrected chi connectivity index (χ3v) is 5.75. The van der Waals surface area contributed by atoms with Crippen molar-refractivity contribution in [1.82, 2.24) is 0 Å². The predicted octanol–water partition coefficient (Wildman–Crippen LogP) is 2.52. The molecule has 0 aromatic heterocycles. The highest BCUT2D eigenvalue weighted by molar-refractivity contribution is 7.91. The molecule has 9 heteroatoms. The van der Waals surface area contributed by atoms with Crippen molar-refractivity contribution in [3.8, 4) is 0 Å². The fraction of sp³-hybridized carbons (Fsp3) is 0.286. The molecule has 0 bridgehead atoms. The Labute approximate surface area is 175 Å². The lowest BCUT2D eigenvalue weighted by Crippen LogP contribution is -2.23. The number of ether oxygens (including phenoxy) is 2. The van der Waals surface area contributed by atoms with E-state index in [1.165, 1.54) is 24.3 Å². The lowest BCUT2D eigenvalue weighted by Gasteiger charge is -2.10. The summed E-state index contributed by atoms with van der Waals surface area (Å²) in [4.78, 5) is 35.9. The van der Waals surface area contributed by atoms with Gasteiger partial charge in [0.2, 0.25) is 0 Å². The van der Waals surface area contributed by atoms with Gasteiger partial charge in [0, 0.05) is 0 Å². The monoisotopic (exact) mass is 433 g/mol. The molecule has 0 heterocycles. The van der Waals surface area contributed by atoms with Crippen molar-refractivity contribution in [3.05, 3.63) is 59.7 Å². The first kappa shape index (κ1) is 23.1. The molecule has 2 aromatic rings. The minimum atomic E-state index is -3.63. The molecule has 8 nitrogen and oxygen atoms in total. The second kappa shape index (κ2) is 10.5. The number of rotatable bonds is 9. The third kappa shape index (κ3) is 6.70. The molecule has 30 heavy (non-hydrogen) atoms. The number of nitrogens with one attached hydrogen (secondary N) is 1. The van der Waals surface area contributed by atoms with Crippen molar-refractivity contribution >= 4 is 33.4 Å². The highest BCUT2D eigenvalue weighted by atomic mass is 32.2. The molecule has 1 amide bonds. The van der Waals surface area contributed by atoms with Crippen molar-refractivity contribution in [3.63, 3.8) is 0 Å². The van der Waals surface area contributed by atoms with Crippen LogP contribution in [0.1, 0.15) is 29.3 Å². The van der Waals surface area contributed by atoms with Crippen LogP contribution in [0.25, 0.3) is 0 Å². The summed E-state index contributed by atoms with van der Waals surface area (Å²) in [6.07, 6.45) is -0.386. The van der Waals surface area contributed by atoms with Crippen LogP contribution < -0.4 is 5.32 Å². The fourth-order valence-corrected chi connectivity index (χ4v) is 3.69. The number of aryl methyl sites for hydroxylation is 1. The number of hydrogen-bond acceptors (Lipinski definition) is 7. The van der Waals surface area contributed by atoms with Gasteiger partial charge in [0.05, 0.1) is 34.9 Å². The van der Waals surface area contributed by atoms with Gasteiger partial charge < -0.3 is 14.8 Å². The SMILES string of the molecule is CCOC(=O)c1ccccc1NC(=O)COC(=O)CCS(=O)(=O)c1ccc(C)cc1. The molecule has 1 N–H and O–H groups in total. The lowest BCUT2D eigenvalue weighted by molar-refractivity contribution is -0.146. The Kier molecular flexibility index (Phi) is 8.11. The van der Waals surface area contributed by atoms with E-state index in [2.05, 4.69) is 5.32 Å². The fourth-order valence-electron chi connectivity index (χ4n) is 2.46. The van der Waals surface area contributed by atoms with E-state index >= 15 is 0 Å². The molecule has 0 saturated heterocycles. The van der Waals surface area contributed by atoms with Gasteiger partial charge in [-0.1, -0.05) is 29.8 Å². The average Bonchev–Trinajstić information content (AvgIpc) is 2.71.